The van der Waals surface area contributed by atoms with Crippen LogP contribution in [0.4, 0.5) is 0 Å². The number of hydrogen-bond donors (Lipinski definition) is 0. The Hall–Kier alpha value is 1.65. The summed E-state index contributed by atoms with van der Waals surface area (Å²) in [5.41, 5.74) is 0. The molecule has 0 bridgehead atoms. The van der Waals surface area contributed by atoms with Crippen molar-refractivity contribution in [1.82, 2.24) is 0 Å². The Labute approximate surface area is 66.5 Å². The Kier molecular flexibility index (Phi) is 5.39. The Morgan fingerprint density at radius 1 is 1.00 bits per heavy atom. The van der Waals surface area contributed by atoms with Gasteiger partial charge in [0.1, 0.15) is 0 Å². The summed E-state index contributed by atoms with van der Waals surface area (Å²) in [6, 6.07) is 0. The molecule has 2 heteroatoms. The average Bonchev–Trinajstić information content (AvgIpc) is 1.87. The topological polar surface area (TPSA) is 0 Å². The van der Waals surface area contributed by atoms with E-state index in [0.29, 0.717) is 0 Å². The van der Waals surface area contributed by atoms with Gasteiger partial charge in [-0.25, -0.2) is 0 Å². The molecule has 50 valence electrons. The molecule has 0 aromatic rings. The summed E-state index contributed by atoms with van der Waals surface area (Å²) in [5.74, 6) is 0. The normalized spacial score (nSPS) is 12.0. The van der Waals surface area contributed by atoms with Crippen LogP contribution in [0.2, 0.25) is 11.9 Å². The predicted octanol–water partition coefficient (Wildman–Crippen LogP) is 3.43. The van der Waals surface area contributed by atoms with Crippen molar-refractivity contribution in [3.05, 3.63) is 0 Å². The van der Waals surface area contributed by atoms with Crippen molar-refractivity contribution >= 4 is 34.6 Å². The van der Waals surface area contributed by atoms with Crippen molar-refractivity contribution in [2.45, 2.75) is 32.7 Å². The molecule has 0 aliphatic rings. The van der Waals surface area contributed by atoms with E-state index in [0.717, 1.165) is 0 Å². The average molecular weight is 421 g/mol. The monoisotopic (exact) mass is 422 g/mol. The molecular formula is C6H15IPb. The zero-order chi connectivity index (χ0) is 6.62. The van der Waals surface area contributed by atoms with Crippen LogP contribution in [0.25, 0.3) is 0 Å². The van der Waals surface area contributed by atoms with Crippen molar-refractivity contribution in [2.75, 3.05) is 0 Å². The van der Waals surface area contributed by atoms with Gasteiger partial charge < -0.3 is 0 Å². The van der Waals surface area contributed by atoms with Crippen LogP contribution in [0.1, 0.15) is 20.8 Å². The molecule has 0 fully saturated rings. The van der Waals surface area contributed by atoms with E-state index >= 15 is 0 Å². The molecule has 0 aromatic heterocycles. The van der Waals surface area contributed by atoms with Gasteiger partial charge in [0.25, 0.3) is 0 Å². The molecule has 0 N–H and O–H groups in total. The van der Waals surface area contributed by atoms with Gasteiger partial charge in [-0.3, -0.25) is 0 Å². The predicted molar refractivity (Wildman–Crippen MR) is 51.2 cm³/mol. The number of hydrogen-bond acceptors (Lipinski definition) is 0. The summed E-state index contributed by atoms with van der Waals surface area (Å²) in [6.45, 7) is 7.09. The van der Waals surface area contributed by atoms with E-state index in [4.69, 9.17) is 0 Å². The zero-order valence-corrected chi connectivity index (χ0v) is 12.0. The molecule has 0 aliphatic carbocycles. The van der Waals surface area contributed by atoms with E-state index in [1.165, 1.54) is 11.9 Å². The molecule has 0 amide bonds. The third kappa shape index (κ3) is 2.98. The summed E-state index contributed by atoms with van der Waals surface area (Å²) < 4.78 is 4.58. The first-order valence-electron chi connectivity index (χ1n) is 3.37. The van der Waals surface area contributed by atoms with Gasteiger partial charge in [-0.05, 0) is 0 Å². The van der Waals surface area contributed by atoms with E-state index in [9.17, 15) is 0 Å². The van der Waals surface area contributed by atoms with Crippen molar-refractivity contribution in [1.29, 1.82) is 0 Å². The van der Waals surface area contributed by atoms with Crippen LogP contribution in [-0.4, -0.2) is 16.9 Å². The second-order valence-corrected chi connectivity index (χ2v) is 39.5. The first kappa shape index (κ1) is 9.65. The molecule has 0 spiro atoms. The summed E-state index contributed by atoms with van der Waals surface area (Å²) in [5, 5.41) is 0. The summed E-state index contributed by atoms with van der Waals surface area (Å²) in [7, 11) is 0. The minimum atomic E-state index is -1.48. The Bertz CT molecular complexity index is 51.3. The molecule has 0 saturated heterocycles. The standard InChI is InChI=1S/3C2H5.HI.Pb/c3*1-2;;/h3*1H2,2H3;1H;/q;;;;+1/p-1. The van der Waals surface area contributed by atoms with Crippen LogP contribution in [0.5, 0.6) is 0 Å². The Morgan fingerprint density at radius 2 is 1.25 bits per heavy atom. The summed E-state index contributed by atoms with van der Waals surface area (Å²) in [4.78, 5) is 0. The molecule has 0 radical (unpaired) electrons. The van der Waals surface area contributed by atoms with Gasteiger partial charge in [0, 0.05) is 0 Å². The van der Waals surface area contributed by atoms with Gasteiger partial charge in [-0.15, -0.1) is 0 Å². The maximum absolute atomic E-state index is 2.79. The Morgan fingerprint density at radius 3 is 1.25 bits per heavy atom. The molecule has 0 rings (SSSR count). The van der Waals surface area contributed by atoms with Gasteiger partial charge in [0.15, 0.2) is 0 Å². The van der Waals surface area contributed by atoms with Gasteiger partial charge >= 0.3 is 67.4 Å². The van der Waals surface area contributed by atoms with Crippen LogP contribution in [-0.2, 0) is 0 Å². The fourth-order valence-electron chi connectivity index (χ4n) is 0.750. The van der Waals surface area contributed by atoms with Crippen molar-refractivity contribution in [3.63, 3.8) is 0 Å². The van der Waals surface area contributed by atoms with Gasteiger partial charge in [0.05, 0.1) is 0 Å². The van der Waals surface area contributed by atoms with Crippen LogP contribution in [0, 0.1) is 0 Å². The van der Waals surface area contributed by atoms with E-state index in [-0.39, 0.29) is 0 Å². The van der Waals surface area contributed by atoms with E-state index < -0.39 is 16.9 Å². The third-order valence-electron chi connectivity index (χ3n) is 1.90. The molecule has 0 saturated carbocycles. The number of halogens is 1. The minimum absolute atomic E-state index is 1.48. The second kappa shape index (κ2) is 4.46. The van der Waals surface area contributed by atoms with Crippen LogP contribution in [0.15, 0.2) is 0 Å². The molecule has 8 heavy (non-hydrogen) atoms. The fraction of sp³-hybridized carbons (Fsp3) is 1.00. The van der Waals surface area contributed by atoms with Crippen LogP contribution < -0.4 is 0 Å². The van der Waals surface area contributed by atoms with Crippen molar-refractivity contribution < 1.29 is 0 Å². The molecule has 0 unspecified atom stereocenters. The molecule has 0 aliphatic heterocycles. The Balaban J connectivity index is 3.58. The molecule has 0 atom stereocenters. The zero-order valence-electron chi connectivity index (χ0n) is 6.00. The first-order chi connectivity index (χ1) is 3.68. The van der Waals surface area contributed by atoms with Crippen molar-refractivity contribution in [3.8, 4) is 0 Å². The molecule has 0 nitrogen and oxygen atoms in total. The van der Waals surface area contributed by atoms with Gasteiger partial charge in [-0.1, -0.05) is 0 Å². The van der Waals surface area contributed by atoms with Gasteiger partial charge in [0.2, 0.25) is 0 Å². The van der Waals surface area contributed by atoms with E-state index in [2.05, 4.69) is 38.5 Å². The van der Waals surface area contributed by atoms with E-state index in [1.807, 2.05) is 0 Å². The summed E-state index contributed by atoms with van der Waals surface area (Å²) >= 11 is 1.31. The molecular weight excluding hydrogens is 406 g/mol. The quantitative estimate of drug-likeness (QED) is 0.484. The van der Waals surface area contributed by atoms with Crippen LogP contribution >= 0.6 is 17.8 Å². The fourth-order valence-corrected chi connectivity index (χ4v) is 6.58. The van der Waals surface area contributed by atoms with E-state index in [1.54, 1.807) is 0 Å². The second-order valence-electron chi connectivity index (χ2n) is 2.21. The van der Waals surface area contributed by atoms with Crippen LogP contribution in [0.3, 0.4) is 0 Å². The van der Waals surface area contributed by atoms with Crippen molar-refractivity contribution in [2.24, 2.45) is 0 Å². The SMILES string of the molecule is C[CH2][Pb]([I])([CH2]C)[CH2]C. The first-order valence-corrected chi connectivity index (χ1v) is 22.6. The molecule has 0 aromatic carbocycles. The summed E-state index contributed by atoms with van der Waals surface area (Å²) in [6.07, 6.45) is 0. The number of rotatable bonds is 3. The third-order valence-corrected chi connectivity index (χ3v) is 36.8. The molecule has 0 heterocycles. The van der Waals surface area contributed by atoms with Gasteiger partial charge in [-0.2, -0.15) is 0 Å². The maximum atomic E-state index is 2.79.